The Kier molecular flexibility index (Phi) is 7.55. The number of thioether (sulfide) groups is 1. The van der Waals surface area contributed by atoms with Crippen LogP contribution in [0, 0.1) is 13.8 Å². The van der Waals surface area contributed by atoms with Crippen molar-refractivity contribution in [1.82, 2.24) is 0 Å². The molecule has 1 amide bonds. The molecule has 0 radical (unpaired) electrons. The lowest BCUT2D eigenvalue weighted by atomic mass is 10.1. The number of carbonyl (C=O) groups is 1. The van der Waals surface area contributed by atoms with Crippen LogP contribution in [0.4, 0.5) is 11.4 Å². The Morgan fingerprint density at radius 1 is 1.14 bits per heavy atom. The van der Waals surface area contributed by atoms with Gasteiger partial charge >= 0.3 is 0 Å². The molecule has 0 aliphatic carbocycles. The maximum absolute atomic E-state index is 13.1. The van der Waals surface area contributed by atoms with Gasteiger partial charge in [0.2, 0.25) is 15.9 Å². The fourth-order valence-electron chi connectivity index (χ4n) is 3.06. The van der Waals surface area contributed by atoms with Crippen molar-refractivity contribution in [3.8, 4) is 0 Å². The Balaban J connectivity index is 2.44. The number of nitrogens with one attached hydrogen (secondary N) is 1. The summed E-state index contributed by atoms with van der Waals surface area (Å²) in [5, 5.41) is 2.94. The molecule has 2 aromatic carbocycles. The molecule has 7 heteroatoms. The number of hydrogen-bond donors (Lipinski definition) is 1. The zero-order valence-electron chi connectivity index (χ0n) is 17.0. The number of hydrogen-bond acceptors (Lipinski definition) is 4. The molecule has 0 bridgehead atoms. The molecular formula is C21H28N2O3S2. The third kappa shape index (κ3) is 5.29. The van der Waals surface area contributed by atoms with E-state index in [1.807, 2.05) is 70.2 Å². The maximum Gasteiger partial charge on any atom is 0.248 e. The Morgan fingerprint density at radius 3 is 2.43 bits per heavy atom. The van der Waals surface area contributed by atoms with Crippen LogP contribution in [0.25, 0.3) is 0 Å². The van der Waals surface area contributed by atoms with Crippen LogP contribution in [0.5, 0.6) is 0 Å². The Morgan fingerprint density at radius 2 is 1.82 bits per heavy atom. The third-order valence-electron chi connectivity index (χ3n) is 4.38. The molecule has 152 valence electrons. The molecule has 2 rings (SSSR count). The second-order valence-electron chi connectivity index (χ2n) is 6.69. The lowest BCUT2D eigenvalue weighted by molar-refractivity contribution is -0.117. The molecule has 0 aliphatic rings. The molecule has 2 aromatic rings. The molecule has 1 N–H and O–H groups in total. The molecule has 28 heavy (non-hydrogen) atoms. The molecule has 0 unspecified atom stereocenters. The van der Waals surface area contributed by atoms with E-state index in [0.29, 0.717) is 17.8 Å². The van der Waals surface area contributed by atoms with Crippen LogP contribution in [-0.2, 0) is 14.8 Å². The van der Waals surface area contributed by atoms with Gasteiger partial charge in [0.25, 0.3) is 0 Å². The smallest absolute Gasteiger partial charge is 0.248 e. The summed E-state index contributed by atoms with van der Waals surface area (Å²) in [6.07, 6.45) is 1.50. The van der Waals surface area contributed by atoms with Crippen LogP contribution in [0.15, 0.2) is 47.4 Å². The number of anilines is 2. The van der Waals surface area contributed by atoms with E-state index in [-0.39, 0.29) is 5.91 Å². The number of aryl methyl sites for hydroxylation is 2. The molecule has 0 aliphatic heterocycles. The van der Waals surface area contributed by atoms with Crippen molar-refractivity contribution in [1.29, 1.82) is 0 Å². The van der Waals surface area contributed by atoms with E-state index in [1.54, 1.807) is 11.8 Å². The van der Waals surface area contributed by atoms with Crippen molar-refractivity contribution in [2.45, 2.75) is 45.1 Å². The molecule has 1 atom stereocenters. The van der Waals surface area contributed by atoms with Crippen molar-refractivity contribution in [3.63, 3.8) is 0 Å². The summed E-state index contributed by atoms with van der Waals surface area (Å²) in [6, 6.07) is 12.3. The highest BCUT2D eigenvalue weighted by Crippen LogP contribution is 2.30. The largest absolute Gasteiger partial charge is 0.323 e. The van der Waals surface area contributed by atoms with Crippen LogP contribution >= 0.6 is 11.8 Å². The predicted molar refractivity (Wildman–Crippen MR) is 119 cm³/mol. The van der Waals surface area contributed by atoms with Crippen molar-refractivity contribution >= 4 is 39.1 Å². The SMILES string of the molecule is CCSc1ccccc1NC(=O)[C@H](CC)N(c1cc(C)ccc1C)S(C)(=O)=O. The van der Waals surface area contributed by atoms with Crippen molar-refractivity contribution in [2.75, 3.05) is 21.6 Å². The monoisotopic (exact) mass is 420 g/mol. The minimum atomic E-state index is -3.66. The molecule has 0 aromatic heterocycles. The Labute approximate surface area is 172 Å². The summed E-state index contributed by atoms with van der Waals surface area (Å²) < 4.78 is 26.6. The maximum atomic E-state index is 13.1. The second-order valence-corrected chi connectivity index (χ2v) is 9.86. The van der Waals surface area contributed by atoms with Crippen LogP contribution in [0.2, 0.25) is 0 Å². The average Bonchev–Trinajstić information content (AvgIpc) is 2.62. The first-order chi connectivity index (χ1) is 13.2. The number of nitrogens with zero attached hydrogens (tertiary/aromatic N) is 1. The van der Waals surface area contributed by atoms with Gasteiger partial charge in [0, 0.05) is 4.90 Å². The Bertz CT molecular complexity index is 942. The van der Waals surface area contributed by atoms with Crippen LogP contribution in [-0.4, -0.2) is 32.4 Å². The van der Waals surface area contributed by atoms with Gasteiger partial charge in [-0.15, -0.1) is 11.8 Å². The van der Waals surface area contributed by atoms with E-state index in [9.17, 15) is 13.2 Å². The predicted octanol–water partition coefficient (Wildman–Crippen LogP) is 4.60. The van der Waals surface area contributed by atoms with Crippen LogP contribution < -0.4 is 9.62 Å². The van der Waals surface area contributed by atoms with Crippen LogP contribution in [0.1, 0.15) is 31.4 Å². The number of carbonyl (C=O) groups excluding carboxylic acids is 1. The fraction of sp³-hybridized carbons (Fsp3) is 0.381. The lowest BCUT2D eigenvalue weighted by Gasteiger charge is -2.31. The molecule has 0 heterocycles. The molecular weight excluding hydrogens is 392 g/mol. The minimum absolute atomic E-state index is 0.335. The zero-order chi connectivity index (χ0) is 20.9. The van der Waals surface area contributed by atoms with E-state index in [1.165, 1.54) is 4.31 Å². The Hall–Kier alpha value is -1.99. The fourth-order valence-corrected chi connectivity index (χ4v) is 5.08. The topological polar surface area (TPSA) is 66.5 Å². The van der Waals surface area contributed by atoms with E-state index in [4.69, 9.17) is 0 Å². The highest BCUT2D eigenvalue weighted by Gasteiger charge is 2.32. The summed E-state index contributed by atoms with van der Waals surface area (Å²) in [6.45, 7) is 7.62. The average molecular weight is 421 g/mol. The van der Waals surface area contributed by atoms with Crippen molar-refractivity contribution in [3.05, 3.63) is 53.6 Å². The van der Waals surface area contributed by atoms with E-state index < -0.39 is 16.1 Å². The molecule has 5 nitrogen and oxygen atoms in total. The van der Waals surface area contributed by atoms with E-state index in [0.717, 1.165) is 28.0 Å². The lowest BCUT2D eigenvalue weighted by Crippen LogP contribution is -2.47. The molecule has 0 spiro atoms. The van der Waals surface area contributed by atoms with Gasteiger partial charge in [-0.2, -0.15) is 0 Å². The summed E-state index contributed by atoms with van der Waals surface area (Å²) in [7, 11) is -3.66. The van der Waals surface area contributed by atoms with Crippen molar-refractivity contribution in [2.24, 2.45) is 0 Å². The third-order valence-corrected chi connectivity index (χ3v) is 6.50. The van der Waals surface area contributed by atoms with E-state index in [2.05, 4.69) is 5.32 Å². The number of para-hydroxylation sites is 1. The van der Waals surface area contributed by atoms with Crippen molar-refractivity contribution < 1.29 is 13.2 Å². The molecule has 0 saturated carbocycles. The van der Waals surface area contributed by atoms with Gasteiger partial charge in [-0.1, -0.05) is 38.1 Å². The first-order valence-electron chi connectivity index (χ1n) is 9.28. The van der Waals surface area contributed by atoms with Gasteiger partial charge in [0.15, 0.2) is 0 Å². The number of rotatable bonds is 8. The van der Waals surface area contributed by atoms with Gasteiger partial charge in [0.1, 0.15) is 6.04 Å². The minimum Gasteiger partial charge on any atom is -0.323 e. The standard InChI is InChI=1S/C21H28N2O3S2/c1-6-18(21(24)22-17-10-8-9-11-20(17)27-7-2)23(28(5,25)26)19-14-15(3)12-13-16(19)4/h8-14,18H,6-7H2,1-5H3,(H,22,24)/t18-/m0/s1. The molecule has 0 saturated heterocycles. The number of amides is 1. The normalized spacial score (nSPS) is 12.5. The second kappa shape index (κ2) is 9.47. The van der Waals surface area contributed by atoms with Gasteiger partial charge in [-0.25, -0.2) is 8.42 Å². The van der Waals surface area contributed by atoms with E-state index >= 15 is 0 Å². The summed E-state index contributed by atoms with van der Waals surface area (Å²) in [5.41, 5.74) is 2.99. The number of sulfonamides is 1. The summed E-state index contributed by atoms with van der Waals surface area (Å²) in [5.74, 6) is 0.542. The first-order valence-corrected chi connectivity index (χ1v) is 12.1. The first kappa shape index (κ1) is 22.3. The highest BCUT2D eigenvalue weighted by molar-refractivity contribution is 7.99. The van der Waals surface area contributed by atoms with Gasteiger partial charge in [-0.3, -0.25) is 9.10 Å². The van der Waals surface area contributed by atoms with Gasteiger partial charge < -0.3 is 5.32 Å². The zero-order valence-corrected chi connectivity index (χ0v) is 18.7. The van der Waals surface area contributed by atoms with Gasteiger partial charge in [0.05, 0.1) is 17.6 Å². The highest BCUT2D eigenvalue weighted by atomic mass is 32.2. The number of benzene rings is 2. The molecule has 0 fully saturated rings. The quantitative estimate of drug-likeness (QED) is 0.634. The van der Waals surface area contributed by atoms with Gasteiger partial charge in [-0.05, 0) is 55.3 Å². The summed E-state index contributed by atoms with van der Waals surface area (Å²) in [4.78, 5) is 14.1. The van der Waals surface area contributed by atoms with Crippen LogP contribution in [0.3, 0.4) is 0 Å². The summed E-state index contributed by atoms with van der Waals surface area (Å²) >= 11 is 1.63.